The summed E-state index contributed by atoms with van der Waals surface area (Å²) in [6, 6.07) is 2.09. The van der Waals surface area contributed by atoms with Crippen LogP contribution in [0.4, 0.5) is 0 Å². The zero-order valence-corrected chi connectivity index (χ0v) is 13.3. The third kappa shape index (κ3) is 3.50. The summed E-state index contributed by atoms with van der Waals surface area (Å²) in [6.45, 7) is 2.68. The van der Waals surface area contributed by atoms with E-state index in [1.807, 2.05) is 16.9 Å². The van der Waals surface area contributed by atoms with E-state index in [4.69, 9.17) is 11.6 Å². The van der Waals surface area contributed by atoms with E-state index >= 15 is 0 Å². The predicted octanol–water partition coefficient (Wildman–Crippen LogP) is 2.91. The number of hydrogen-bond acceptors (Lipinski definition) is 3. The molecule has 1 unspecified atom stereocenters. The van der Waals surface area contributed by atoms with Crippen molar-refractivity contribution >= 4 is 17.5 Å². The van der Waals surface area contributed by atoms with Crippen LogP contribution in [0.2, 0.25) is 5.02 Å². The number of hydrogen-bond donors (Lipinski definition) is 2. The van der Waals surface area contributed by atoms with Gasteiger partial charge in [-0.3, -0.25) is 14.6 Å². The van der Waals surface area contributed by atoms with Crippen molar-refractivity contribution in [3.05, 3.63) is 34.9 Å². The maximum absolute atomic E-state index is 12.1. The highest BCUT2D eigenvalue weighted by molar-refractivity contribution is 6.30. The number of halogens is 1. The number of carbonyl (C=O) groups is 1. The Bertz CT molecular complexity index is 646. The van der Waals surface area contributed by atoms with E-state index in [1.54, 1.807) is 6.20 Å². The van der Waals surface area contributed by atoms with E-state index < -0.39 is 0 Å². The fraction of sp³-hybridized carbons (Fsp3) is 0.533. The number of carbonyl (C=O) groups excluding carboxylic acids is 1. The van der Waals surface area contributed by atoms with Crippen LogP contribution in [-0.4, -0.2) is 32.4 Å². The van der Waals surface area contributed by atoms with Crippen molar-refractivity contribution in [1.82, 2.24) is 25.3 Å². The first-order valence-electron chi connectivity index (χ1n) is 7.70. The second-order valence-electron chi connectivity index (χ2n) is 5.73. The van der Waals surface area contributed by atoms with Crippen LogP contribution in [-0.2, 0) is 0 Å². The molecule has 22 heavy (non-hydrogen) atoms. The Kier molecular flexibility index (Phi) is 4.47. The van der Waals surface area contributed by atoms with Gasteiger partial charge in [-0.15, -0.1) is 0 Å². The van der Waals surface area contributed by atoms with Crippen LogP contribution in [0.25, 0.3) is 0 Å². The van der Waals surface area contributed by atoms with Gasteiger partial charge in [0, 0.05) is 24.4 Å². The van der Waals surface area contributed by atoms with Gasteiger partial charge in [0.05, 0.1) is 17.3 Å². The second kappa shape index (κ2) is 6.52. The maximum atomic E-state index is 12.1. The molecule has 0 spiro atoms. The lowest BCUT2D eigenvalue weighted by Crippen LogP contribution is -2.27. The Morgan fingerprint density at radius 2 is 2.41 bits per heavy atom. The van der Waals surface area contributed by atoms with Crippen LogP contribution in [0, 0.1) is 0 Å². The number of aromatic amines is 1. The van der Waals surface area contributed by atoms with Gasteiger partial charge in [0.25, 0.3) is 5.91 Å². The number of rotatable bonds is 7. The highest BCUT2D eigenvalue weighted by atomic mass is 35.5. The SMILES string of the molecule is CCC(CCNC(=O)c1cc(C2CC2)[nH]n1)n1cc(Cl)cn1. The molecule has 1 fully saturated rings. The van der Waals surface area contributed by atoms with Gasteiger partial charge in [0.1, 0.15) is 5.69 Å². The molecule has 0 saturated heterocycles. The van der Waals surface area contributed by atoms with E-state index in [0.29, 0.717) is 23.2 Å². The van der Waals surface area contributed by atoms with Crippen LogP contribution in [0.15, 0.2) is 18.5 Å². The van der Waals surface area contributed by atoms with Crippen LogP contribution in [0.1, 0.15) is 60.7 Å². The molecule has 0 aromatic carbocycles. The lowest BCUT2D eigenvalue weighted by Gasteiger charge is -2.15. The Morgan fingerprint density at radius 1 is 1.59 bits per heavy atom. The van der Waals surface area contributed by atoms with Gasteiger partial charge in [-0.2, -0.15) is 10.2 Å². The van der Waals surface area contributed by atoms with Gasteiger partial charge < -0.3 is 5.32 Å². The molecule has 1 aliphatic rings. The fourth-order valence-electron chi connectivity index (χ4n) is 2.54. The summed E-state index contributed by atoms with van der Waals surface area (Å²) in [4.78, 5) is 12.1. The van der Waals surface area contributed by atoms with E-state index in [1.165, 1.54) is 12.8 Å². The third-order valence-corrected chi connectivity index (χ3v) is 4.22. The van der Waals surface area contributed by atoms with Crippen LogP contribution in [0.3, 0.4) is 0 Å². The van der Waals surface area contributed by atoms with E-state index in [-0.39, 0.29) is 11.9 Å². The monoisotopic (exact) mass is 321 g/mol. The van der Waals surface area contributed by atoms with Gasteiger partial charge >= 0.3 is 0 Å². The molecule has 2 aromatic rings. The molecule has 0 radical (unpaired) electrons. The van der Waals surface area contributed by atoms with Crippen molar-refractivity contribution in [3.63, 3.8) is 0 Å². The smallest absolute Gasteiger partial charge is 0.271 e. The van der Waals surface area contributed by atoms with Crippen LogP contribution >= 0.6 is 11.6 Å². The highest BCUT2D eigenvalue weighted by Crippen LogP contribution is 2.38. The zero-order valence-electron chi connectivity index (χ0n) is 12.6. The van der Waals surface area contributed by atoms with Gasteiger partial charge in [0.15, 0.2) is 0 Å². The average molecular weight is 322 g/mol. The molecule has 1 aliphatic carbocycles. The topological polar surface area (TPSA) is 75.6 Å². The summed E-state index contributed by atoms with van der Waals surface area (Å²) in [6.07, 6.45) is 7.56. The summed E-state index contributed by atoms with van der Waals surface area (Å²) < 4.78 is 1.86. The van der Waals surface area contributed by atoms with Crippen molar-refractivity contribution in [1.29, 1.82) is 0 Å². The van der Waals surface area contributed by atoms with E-state index in [9.17, 15) is 4.79 Å². The summed E-state index contributed by atoms with van der Waals surface area (Å²) >= 11 is 5.89. The molecule has 118 valence electrons. The summed E-state index contributed by atoms with van der Waals surface area (Å²) in [7, 11) is 0. The molecule has 3 rings (SSSR count). The number of nitrogens with zero attached hydrogens (tertiary/aromatic N) is 3. The molecule has 6 nitrogen and oxygen atoms in total. The van der Waals surface area contributed by atoms with Crippen molar-refractivity contribution in [3.8, 4) is 0 Å². The number of aromatic nitrogens is 4. The Labute approximate surface area is 134 Å². The fourth-order valence-corrected chi connectivity index (χ4v) is 2.68. The first kappa shape index (κ1) is 15.1. The summed E-state index contributed by atoms with van der Waals surface area (Å²) in [5, 5.41) is 14.8. The normalized spacial score (nSPS) is 15.7. The second-order valence-corrected chi connectivity index (χ2v) is 6.16. The molecular formula is C15H20ClN5O. The molecule has 1 amide bonds. The number of nitrogens with one attached hydrogen (secondary N) is 2. The van der Waals surface area contributed by atoms with Crippen molar-refractivity contribution < 1.29 is 4.79 Å². The van der Waals surface area contributed by atoms with Gasteiger partial charge in [-0.05, 0) is 31.7 Å². The molecule has 1 atom stereocenters. The minimum Gasteiger partial charge on any atom is -0.351 e. The first-order chi connectivity index (χ1) is 10.7. The molecule has 1 saturated carbocycles. The minimum atomic E-state index is -0.128. The zero-order chi connectivity index (χ0) is 15.5. The third-order valence-electron chi connectivity index (χ3n) is 4.03. The molecule has 2 heterocycles. The van der Waals surface area contributed by atoms with Gasteiger partial charge in [-0.1, -0.05) is 18.5 Å². The Hall–Kier alpha value is -1.82. The molecular weight excluding hydrogens is 302 g/mol. The largest absolute Gasteiger partial charge is 0.351 e. The number of H-pyrrole nitrogens is 1. The highest BCUT2D eigenvalue weighted by Gasteiger charge is 2.26. The molecule has 2 aromatic heterocycles. The Morgan fingerprint density at radius 3 is 3.05 bits per heavy atom. The predicted molar refractivity (Wildman–Crippen MR) is 84.1 cm³/mol. The minimum absolute atomic E-state index is 0.128. The molecule has 0 aliphatic heterocycles. The van der Waals surface area contributed by atoms with Crippen LogP contribution < -0.4 is 5.32 Å². The first-order valence-corrected chi connectivity index (χ1v) is 8.08. The van der Waals surface area contributed by atoms with Crippen LogP contribution in [0.5, 0.6) is 0 Å². The lowest BCUT2D eigenvalue weighted by molar-refractivity contribution is 0.0946. The van der Waals surface area contributed by atoms with Crippen molar-refractivity contribution in [2.45, 2.75) is 44.6 Å². The van der Waals surface area contributed by atoms with Crippen molar-refractivity contribution in [2.24, 2.45) is 0 Å². The molecule has 7 heteroatoms. The summed E-state index contributed by atoms with van der Waals surface area (Å²) in [5.74, 6) is 0.444. The van der Waals surface area contributed by atoms with Gasteiger partial charge in [-0.25, -0.2) is 0 Å². The average Bonchev–Trinajstić information content (AvgIpc) is 3.08. The standard InChI is InChI=1S/C15H20ClN5O/c1-2-12(21-9-11(16)8-18-21)5-6-17-15(22)14-7-13(19-20-14)10-3-4-10/h7-10,12H,2-6H2,1H3,(H,17,22)(H,19,20). The van der Waals surface area contributed by atoms with E-state index in [0.717, 1.165) is 18.5 Å². The van der Waals surface area contributed by atoms with Gasteiger partial charge in [0.2, 0.25) is 0 Å². The maximum Gasteiger partial charge on any atom is 0.271 e. The van der Waals surface area contributed by atoms with E-state index in [2.05, 4.69) is 27.5 Å². The molecule has 2 N–H and O–H groups in total. The van der Waals surface area contributed by atoms with Crippen molar-refractivity contribution in [2.75, 3.05) is 6.54 Å². The quantitative estimate of drug-likeness (QED) is 0.823. The molecule has 0 bridgehead atoms. The lowest BCUT2D eigenvalue weighted by atomic mass is 10.1. The summed E-state index contributed by atoms with van der Waals surface area (Å²) in [5.41, 5.74) is 1.54. The number of amides is 1. The Balaban J connectivity index is 1.49.